The number of hydrogen-bond donors (Lipinski definition) is 1. The summed E-state index contributed by atoms with van der Waals surface area (Å²) in [5.74, 6) is 0.297. The highest BCUT2D eigenvalue weighted by atomic mass is 32.2. The Morgan fingerprint density at radius 3 is 2.79 bits per heavy atom. The Hall–Kier alpha value is -1.76. The molecule has 0 saturated heterocycles. The molecule has 7 heteroatoms. The van der Waals surface area contributed by atoms with Crippen LogP contribution in [-0.4, -0.2) is 19.0 Å². The van der Waals surface area contributed by atoms with Gasteiger partial charge in [0.1, 0.15) is 18.0 Å². The first-order valence-corrected chi connectivity index (χ1v) is 7.12. The van der Waals surface area contributed by atoms with E-state index in [1.54, 1.807) is 4.68 Å². The van der Waals surface area contributed by atoms with Gasteiger partial charge in [0, 0.05) is 16.6 Å². The van der Waals surface area contributed by atoms with Crippen molar-refractivity contribution in [3.63, 3.8) is 0 Å². The van der Waals surface area contributed by atoms with Crippen molar-refractivity contribution >= 4 is 16.5 Å². The number of halogens is 1. The molecule has 2 rings (SSSR count). The molecule has 5 nitrogen and oxygen atoms in total. The van der Waals surface area contributed by atoms with Crippen molar-refractivity contribution in [1.82, 2.24) is 14.8 Å². The van der Waals surface area contributed by atoms with Crippen LogP contribution in [0.2, 0.25) is 0 Å². The number of nitrogens with two attached hydrogens (primary N) is 1. The maximum absolute atomic E-state index is 13.2. The molecule has 0 aliphatic rings. The molecule has 19 heavy (non-hydrogen) atoms. The van der Waals surface area contributed by atoms with Gasteiger partial charge >= 0.3 is 0 Å². The van der Waals surface area contributed by atoms with E-state index in [1.807, 2.05) is 13.8 Å². The number of aromatic nitrogens is 3. The van der Waals surface area contributed by atoms with Gasteiger partial charge in [-0.25, -0.2) is 14.1 Å². The molecule has 102 valence electrons. The molecule has 1 unspecified atom stereocenters. The summed E-state index contributed by atoms with van der Waals surface area (Å²) in [6.45, 7) is 3.92. The van der Waals surface area contributed by atoms with E-state index < -0.39 is 16.6 Å². The minimum atomic E-state index is -1.40. The second-order valence-electron chi connectivity index (χ2n) is 4.42. The molecule has 0 aliphatic carbocycles. The summed E-state index contributed by atoms with van der Waals surface area (Å²) >= 11 is 0. The maximum Gasteiger partial charge on any atom is 0.140 e. The lowest BCUT2D eigenvalue weighted by Crippen LogP contribution is -2.10. The summed E-state index contributed by atoms with van der Waals surface area (Å²) in [5, 5.41) is 4.07. The lowest BCUT2D eigenvalue weighted by atomic mass is 10.3. The SMILES string of the molecule is CC(C)n1ncnc1CS(=O)c1cc(N)cc(F)c1. The Labute approximate surface area is 113 Å². The van der Waals surface area contributed by atoms with Crippen molar-refractivity contribution in [2.24, 2.45) is 0 Å². The smallest absolute Gasteiger partial charge is 0.140 e. The van der Waals surface area contributed by atoms with Gasteiger partial charge in [-0.15, -0.1) is 0 Å². The summed E-state index contributed by atoms with van der Waals surface area (Å²) < 4.78 is 27.1. The highest BCUT2D eigenvalue weighted by molar-refractivity contribution is 7.84. The molecule has 0 amide bonds. The molecule has 0 bridgehead atoms. The third-order valence-electron chi connectivity index (χ3n) is 2.55. The van der Waals surface area contributed by atoms with Gasteiger partial charge in [-0.1, -0.05) is 0 Å². The molecular weight excluding hydrogens is 267 g/mol. The van der Waals surface area contributed by atoms with Crippen molar-refractivity contribution in [2.75, 3.05) is 5.73 Å². The van der Waals surface area contributed by atoms with E-state index in [4.69, 9.17) is 5.73 Å². The van der Waals surface area contributed by atoms with E-state index in [1.165, 1.54) is 24.5 Å². The molecule has 1 aromatic heterocycles. The number of anilines is 1. The first-order chi connectivity index (χ1) is 8.97. The third-order valence-corrected chi connectivity index (χ3v) is 3.83. The minimum Gasteiger partial charge on any atom is -0.399 e. The van der Waals surface area contributed by atoms with Crippen LogP contribution in [0.3, 0.4) is 0 Å². The fourth-order valence-corrected chi connectivity index (χ4v) is 2.84. The summed E-state index contributed by atoms with van der Waals surface area (Å²) in [6, 6.07) is 4.06. The van der Waals surface area contributed by atoms with Gasteiger partial charge in [0.25, 0.3) is 0 Å². The molecule has 1 atom stereocenters. The number of benzene rings is 1. The zero-order valence-corrected chi connectivity index (χ0v) is 11.5. The fourth-order valence-electron chi connectivity index (χ4n) is 1.73. The molecule has 1 aromatic carbocycles. The Kier molecular flexibility index (Phi) is 3.94. The minimum absolute atomic E-state index is 0.132. The molecule has 0 aliphatic heterocycles. The molecule has 1 heterocycles. The number of nitrogen functional groups attached to an aromatic ring is 1. The highest BCUT2D eigenvalue weighted by Crippen LogP contribution is 2.17. The molecule has 0 radical (unpaired) electrons. The number of nitrogens with zero attached hydrogens (tertiary/aromatic N) is 3. The Morgan fingerprint density at radius 2 is 2.16 bits per heavy atom. The van der Waals surface area contributed by atoms with E-state index in [-0.39, 0.29) is 17.5 Å². The van der Waals surface area contributed by atoms with Crippen LogP contribution < -0.4 is 5.73 Å². The van der Waals surface area contributed by atoms with E-state index >= 15 is 0 Å². The molecule has 0 fully saturated rings. The van der Waals surface area contributed by atoms with Gasteiger partial charge in [0.15, 0.2) is 0 Å². The van der Waals surface area contributed by atoms with E-state index in [2.05, 4.69) is 10.1 Å². The quantitative estimate of drug-likeness (QED) is 0.869. The maximum atomic E-state index is 13.2. The largest absolute Gasteiger partial charge is 0.399 e. The van der Waals surface area contributed by atoms with Crippen LogP contribution in [0.15, 0.2) is 29.4 Å². The second-order valence-corrected chi connectivity index (χ2v) is 5.88. The van der Waals surface area contributed by atoms with Crippen LogP contribution in [0.1, 0.15) is 25.7 Å². The topological polar surface area (TPSA) is 73.8 Å². The van der Waals surface area contributed by atoms with Crippen molar-refractivity contribution in [3.8, 4) is 0 Å². The van der Waals surface area contributed by atoms with Crippen molar-refractivity contribution < 1.29 is 8.60 Å². The van der Waals surface area contributed by atoms with Crippen LogP contribution in [0.25, 0.3) is 0 Å². The van der Waals surface area contributed by atoms with Crippen LogP contribution >= 0.6 is 0 Å². The Morgan fingerprint density at radius 1 is 1.42 bits per heavy atom. The van der Waals surface area contributed by atoms with Gasteiger partial charge < -0.3 is 5.73 Å². The lowest BCUT2D eigenvalue weighted by molar-refractivity contribution is 0.513. The van der Waals surface area contributed by atoms with E-state index in [0.29, 0.717) is 10.7 Å². The summed E-state index contributed by atoms with van der Waals surface area (Å²) in [5.41, 5.74) is 5.80. The molecule has 2 N–H and O–H groups in total. The molecular formula is C12H15FN4OS. The predicted molar refractivity (Wildman–Crippen MR) is 71.3 cm³/mol. The van der Waals surface area contributed by atoms with Crippen molar-refractivity contribution in [3.05, 3.63) is 36.2 Å². The van der Waals surface area contributed by atoms with Crippen LogP contribution in [-0.2, 0) is 16.6 Å². The average molecular weight is 282 g/mol. The normalized spacial score (nSPS) is 12.8. The molecule has 0 saturated carbocycles. The zero-order valence-electron chi connectivity index (χ0n) is 10.7. The fraction of sp³-hybridized carbons (Fsp3) is 0.333. The summed E-state index contributed by atoms with van der Waals surface area (Å²) in [6.07, 6.45) is 1.42. The van der Waals surface area contributed by atoms with E-state index in [9.17, 15) is 8.60 Å². The zero-order chi connectivity index (χ0) is 14.0. The predicted octanol–water partition coefficient (Wildman–Crippen LogP) is 1.89. The first-order valence-electron chi connectivity index (χ1n) is 5.80. The molecule has 2 aromatic rings. The van der Waals surface area contributed by atoms with Gasteiger partial charge in [0.05, 0.1) is 16.6 Å². The summed E-state index contributed by atoms with van der Waals surface area (Å²) in [7, 11) is -1.40. The van der Waals surface area contributed by atoms with Gasteiger partial charge in [-0.05, 0) is 32.0 Å². The number of hydrogen-bond acceptors (Lipinski definition) is 4. The number of rotatable bonds is 4. The monoisotopic (exact) mass is 282 g/mol. The van der Waals surface area contributed by atoms with Gasteiger partial charge in [-0.2, -0.15) is 5.10 Å². The van der Waals surface area contributed by atoms with Gasteiger partial charge in [-0.3, -0.25) is 4.21 Å². The Bertz CT molecular complexity index is 591. The summed E-state index contributed by atoms with van der Waals surface area (Å²) in [4.78, 5) is 4.44. The van der Waals surface area contributed by atoms with Crippen molar-refractivity contribution in [1.29, 1.82) is 0 Å². The highest BCUT2D eigenvalue weighted by Gasteiger charge is 2.13. The van der Waals surface area contributed by atoms with Crippen molar-refractivity contribution in [2.45, 2.75) is 30.5 Å². The standard InChI is InChI=1S/C12H15FN4OS/c1-8(2)17-12(15-7-16-17)6-19(18)11-4-9(13)3-10(14)5-11/h3-5,7-8H,6,14H2,1-2H3. The van der Waals surface area contributed by atoms with Gasteiger partial charge in [0.2, 0.25) is 0 Å². The first kappa shape index (κ1) is 13.7. The second kappa shape index (κ2) is 5.48. The average Bonchev–Trinajstić information content (AvgIpc) is 2.75. The van der Waals surface area contributed by atoms with Crippen LogP contribution in [0, 0.1) is 5.82 Å². The van der Waals surface area contributed by atoms with E-state index in [0.717, 1.165) is 0 Å². The van der Waals surface area contributed by atoms with Crippen LogP contribution in [0.4, 0.5) is 10.1 Å². The van der Waals surface area contributed by atoms with Crippen LogP contribution in [0.5, 0.6) is 0 Å². The lowest BCUT2D eigenvalue weighted by Gasteiger charge is -2.09. The Balaban J connectivity index is 2.23. The third kappa shape index (κ3) is 3.17. The molecule has 0 spiro atoms.